The molecule has 1 fully saturated rings. The number of aromatic nitrogens is 2. The molecule has 140 valence electrons. The Balaban J connectivity index is 1.75. The highest BCUT2D eigenvalue weighted by Crippen LogP contribution is 2.28. The predicted octanol–water partition coefficient (Wildman–Crippen LogP) is -0.327. The summed E-state index contributed by atoms with van der Waals surface area (Å²) in [6, 6.07) is 2.69. The SMILES string of the molecule is CN(CCO)[C@@H]1[C@@H](O)[C@H](Oc2cccnc2)C[C@H]1NC(=O)c1cnco1. The molecular formula is C17H22N4O5. The fourth-order valence-corrected chi connectivity index (χ4v) is 3.28. The molecule has 0 aromatic carbocycles. The molecule has 0 radical (unpaired) electrons. The van der Waals surface area contributed by atoms with E-state index < -0.39 is 24.2 Å². The van der Waals surface area contributed by atoms with E-state index in [1.807, 2.05) is 4.90 Å². The number of hydrogen-bond donors (Lipinski definition) is 3. The van der Waals surface area contributed by atoms with Gasteiger partial charge in [0.1, 0.15) is 18.0 Å². The van der Waals surface area contributed by atoms with E-state index in [4.69, 9.17) is 9.15 Å². The van der Waals surface area contributed by atoms with Crippen LogP contribution in [0, 0.1) is 0 Å². The molecule has 1 amide bonds. The van der Waals surface area contributed by atoms with E-state index in [9.17, 15) is 15.0 Å². The number of amides is 1. The molecule has 2 aromatic heterocycles. The topological polar surface area (TPSA) is 121 Å². The van der Waals surface area contributed by atoms with Crippen LogP contribution in [0.4, 0.5) is 0 Å². The molecule has 3 N–H and O–H groups in total. The first-order chi connectivity index (χ1) is 12.6. The van der Waals surface area contributed by atoms with Crippen LogP contribution in [0.5, 0.6) is 5.75 Å². The number of carbonyl (C=O) groups is 1. The lowest BCUT2D eigenvalue weighted by Gasteiger charge is -2.31. The third kappa shape index (κ3) is 4.01. The monoisotopic (exact) mass is 362 g/mol. The van der Waals surface area contributed by atoms with Crippen molar-refractivity contribution in [2.75, 3.05) is 20.2 Å². The van der Waals surface area contributed by atoms with Crippen molar-refractivity contribution >= 4 is 5.91 Å². The number of nitrogens with one attached hydrogen (secondary N) is 1. The summed E-state index contributed by atoms with van der Waals surface area (Å²) in [5, 5.41) is 22.9. The first kappa shape index (κ1) is 18.3. The van der Waals surface area contributed by atoms with Crippen molar-refractivity contribution in [1.29, 1.82) is 0 Å². The minimum absolute atomic E-state index is 0.0589. The van der Waals surface area contributed by atoms with Gasteiger partial charge in [-0.1, -0.05) is 0 Å². The zero-order valence-corrected chi connectivity index (χ0v) is 14.4. The number of oxazole rings is 1. The van der Waals surface area contributed by atoms with Gasteiger partial charge in [-0.05, 0) is 19.2 Å². The Labute approximate surface area is 150 Å². The van der Waals surface area contributed by atoms with Gasteiger partial charge in [0.2, 0.25) is 5.76 Å². The van der Waals surface area contributed by atoms with E-state index in [-0.39, 0.29) is 18.4 Å². The van der Waals surface area contributed by atoms with Gasteiger partial charge in [0, 0.05) is 19.2 Å². The van der Waals surface area contributed by atoms with Gasteiger partial charge in [-0.15, -0.1) is 0 Å². The van der Waals surface area contributed by atoms with Crippen LogP contribution in [-0.2, 0) is 0 Å². The number of aliphatic hydroxyl groups is 2. The minimum Gasteiger partial charge on any atom is -0.486 e. The predicted molar refractivity (Wildman–Crippen MR) is 90.5 cm³/mol. The van der Waals surface area contributed by atoms with Crippen molar-refractivity contribution in [3.8, 4) is 5.75 Å². The van der Waals surface area contributed by atoms with Crippen molar-refractivity contribution in [3.05, 3.63) is 42.9 Å². The summed E-state index contributed by atoms with van der Waals surface area (Å²) in [7, 11) is 1.78. The highest BCUT2D eigenvalue weighted by molar-refractivity contribution is 5.91. The molecule has 3 rings (SSSR count). The molecule has 0 spiro atoms. The number of hydrogen-bond acceptors (Lipinski definition) is 8. The Morgan fingerprint density at radius 1 is 1.46 bits per heavy atom. The standard InChI is InChI=1S/C17H22N4O5/c1-21(5-6-22)15-12(20-17(24)14-9-19-10-25-14)7-13(16(15)23)26-11-3-2-4-18-8-11/h2-4,8-10,12-13,15-16,22-23H,5-7H2,1H3,(H,20,24)/t12-,13-,15+,16+/m1/s1. The molecule has 26 heavy (non-hydrogen) atoms. The fourth-order valence-electron chi connectivity index (χ4n) is 3.28. The molecule has 0 saturated heterocycles. The Hall–Kier alpha value is -2.49. The van der Waals surface area contributed by atoms with Crippen molar-refractivity contribution in [3.63, 3.8) is 0 Å². The molecule has 0 aliphatic heterocycles. The minimum atomic E-state index is -0.855. The second-order valence-corrected chi connectivity index (χ2v) is 6.21. The summed E-state index contributed by atoms with van der Waals surface area (Å²) in [5.41, 5.74) is 0. The Morgan fingerprint density at radius 3 is 2.96 bits per heavy atom. The number of nitrogens with zero attached hydrogens (tertiary/aromatic N) is 3. The summed E-state index contributed by atoms with van der Waals surface area (Å²) in [5.74, 6) is 0.228. The maximum Gasteiger partial charge on any atom is 0.288 e. The number of likely N-dealkylation sites (N-methyl/N-ethyl adjacent to an activating group) is 1. The number of pyridine rings is 1. The molecule has 1 saturated carbocycles. The smallest absolute Gasteiger partial charge is 0.288 e. The van der Waals surface area contributed by atoms with E-state index in [1.165, 1.54) is 12.6 Å². The second kappa shape index (κ2) is 8.26. The summed E-state index contributed by atoms with van der Waals surface area (Å²) < 4.78 is 10.9. The van der Waals surface area contributed by atoms with E-state index in [1.54, 1.807) is 31.6 Å². The van der Waals surface area contributed by atoms with Crippen molar-refractivity contribution in [2.24, 2.45) is 0 Å². The van der Waals surface area contributed by atoms with Gasteiger partial charge in [-0.25, -0.2) is 4.98 Å². The molecule has 0 unspecified atom stereocenters. The third-order valence-electron chi connectivity index (χ3n) is 4.49. The summed E-state index contributed by atoms with van der Waals surface area (Å²) in [6.45, 7) is 0.298. The second-order valence-electron chi connectivity index (χ2n) is 6.21. The molecule has 1 aliphatic rings. The number of aliphatic hydroxyl groups excluding tert-OH is 2. The van der Waals surface area contributed by atoms with Gasteiger partial charge in [-0.2, -0.15) is 0 Å². The maximum atomic E-state index is 12.3. The first-order valence-corrected chi connectivity index (χ1v) is 8.35. The van der Waals surface area contributed by atoms with Crippen LogP contribution < -0.4 is 10.1 Å². The van der Waals surface area contributed by atoms with Crippen molar-refractivity contribution in [1.82, 2.24) is 20.2 Å². The van der Waals surface area contributed by atoms with Crippen molar-refractivity contribution < 1.29 is 24.2 Å². The molecule has 9 heteroatoms. The lowest BCUT2D eigenvalue weighted by molar-refractivity contribution is 0.0108. The normalized spacial score (nSPS) is 25.4. The first-order valence-electron chi connectivity index (χ1n) is 8.35. The Bertz CT molecular complexity index is 696. The number of ether oxygens (including phenoxy) is 1. The van der Waals surface area contributed by atoms with Crippen LogP contribution in [0.25, 0.3) is 0 Å². The summed E-state index contributed by atoms with van der Waals surface area (Å²) >= 11 is 0. The van der Waals surface area contributed by atoms with Crippen LogP contribution in [0.15, 0.2) is 41.5 Å². The van der Waals surface area contributed by atoms with Crippen LogP contribution in [0.3, 0.4) is 0 Å². The number of rotatable bonds is 7. The Morgan fingerprint density at radius 2 is 2.31 bits per heavy atom. The zero-order chi connectivity index (χ0) is 18.5. The van der Waals surface area contributed by atoms with Gasteiger partial charge in [0.15, 0.2) is 6.39 Å². The molecule has 9 nitrogen and oxygen atoms in total. The van der Waals surface area contributed by atoms with Gasteiger partial charge in [0.25, 0.3) is 5.91 Å². The molecule has 1 aliphatic carbocycles. The van der Waals surface area contributed by atoms with Crippen LogP contribution in [0.1, 0.15) is 17.0 Å². The van der Waals surface area contributed by atoms with Gasteiger partial charge < -0.3 is 24.7 Å². The third-order valence-corrected chi connectivity index (χ3v) is 4.49. The average molecular weight is 362 g/mol. The summed E-state index contributed by atoms with van der Waals surface area (Å²) in [4.78, 5) is 21.9. The molecular weight excluding hydrogens is 340 g/mol. The average Bonchev–Trinajstić information content (AvgIpc) is 3.25. The molecule has 4 atom stereocenters. The largest absolute Gasteiger partial charge is 0.486 e. The molecule has 0 bridgehead atoms. The lowest BCUT2D eigenvalue weighted by Crippen LogP contribution is -2.52. The summed E-state index contributed by atoms with van der Waals surface area (Å²) in [6.07, 6.45) is 4.74. The maximum absolute atomic E-state index is 12.3. The number of carbonyl (C=O) groups excluding carboxylic acids is 1. The van der Waals surface area contributed by atoms with Crippen molar-refractivity contribution in [2.45, 2.75) is 30.7 Å². The van der Waals surface area contributed by atoms with Gasteiger partial charge in [0.05, 0.1) is 31.1 Å². The molecule has 2 aromatic rings. The quantitative estimate of drug-likeness (QED) is 0.612. The van der Waals surface area contributed by atoms with E-state index in [0.29, 0.717) is 18.7 Å². The van der Waals surface area contributed by atoms with Crippen LogP contribution >= 0.6 is 0 Å². The Kier molecular flexibility index (Phi) is 5.82. The van der Waals surface area contributed by atoms with E-state index >= 15 is 0 Å². The fraction of sp³-hybridized carbons (Fsp3) is 0.471. The van der Waals surface area contributed by atoms with E-state index in [0.717, 1.165) is 0 Å². The van der Waals surface area contributed by atoms with E-state index in [2.05, 4.69) is 15.3 Å². The van der Waals surface area contributed by atoms with Gasteiger partial charge in [-0.3, -0.25) is 14.7 Å². The molecule has 2 heterocycles. The van der Waals surface area contributed by atoms with Crippen LogP contribution in [0.2, 0.25) is 0 Å². The van der Waals surface area contributed by atoms with Crippen LogP contribution in [-0.4, -0.2) is 75.5 Å². The highest BCUT2D eigenvalue weighted by Gasteiger charge is 2.46. The highest BCUT2D eigenvalue weighted by atomic mass is 16.5. The zero-order valence-electron chi connectivity index (χ0n) is 14.4. The van der Waals surface area contributed by atoms with Gasteiger partial charge >= 0.3 is 0 Å². The lowest BCUT2D eigenvalue weighted by atomic mass is 10.1.